The molecule has 8 heteroatoms. The van der Waals surface area contributed by atoms with Crippen LogP contribution < -0.4 is 5.32 Å². The van der Waals surface area contributed by atoms with Gasteiger partial charge in [-0.15, -0.1) is 0 Å². The number of aromatic nitrogens is 4. The summed E-state index contributed by atoms with van der Waals surface area (Å²) in [6, 6.07) is 4.62. The summed E-state index contributed by atoms with van der Waals surface area (Å²) >= 11 is 9.36. The van der Waals surface area contributed by atoms with Crippen molar-refractivity contribution in [3.63, 3.8) is 0 Å². The Balaban J connectivity index is 2.17. The van der Waals surface area contributed by atoms with Gasteiger partial charge in [-0.05, 0) is 25.1 Å². The summed E-state index contributed by atoms with van der Waals surface area (Å²) < 4.78 is 16.1. The second-order valence-electron chi connectivity index (χ2n) is 4.10. The standard InChI is InChI=1S/C12H8BrClFN5/c1-6-10(14)19-12-16-5-17-20(12)11(6)18-9-4-7(13)2-3-8(9)15/h2-5,18H,1H3. The second-order valence-corrected chi connectivity index (χ2v) is 5.37. The van der Waals surface area contributed by atoms with Gasteiger partial charge in [0.25, 0.3) is 5.78 Å². The Bertz CT molecular complexity index is 804. The van der Waals surface area contributed by atoms with Crippen molar-refractivity contribution in [2.75, 3.05) is 5.32 Å². The number of nitrogens with one attached hydrogen (secondary N) is 1. The van der Waals surface area contributed by atoms with Crippen molar-refractivity contribution in [2.24, 2.45) is 0 Å². The van der Waals surface area contributed by atoms with E-state index in [9.17, 15) is 4.39 Å². The fourth-order valence-electron chi connectivity index (χ4n) is 1.77. The van der Waals surface area contributed by atoms with Crippen LogP contribution in [-0.4, -0.2) is 19.6 Å². The Labute approximate surface area is 126 Å². The third kappa shape index (κ3) is 2.23. The lowest BCUT2D eigenvalue weighted by Crippen LogP contribution is -2.06. The van der Waals surface area contributed by atoms with Gasteiger partial charge in [0.1, 0.15) is 23.1 Å². The number of halogens is 3. The molecular formula is C12H8BrClFN5. The summed E-state index contributed by atoms with van der Waals surface area (Å²) in [5, 5.41) is 7.33. The van der Waals surface area contributed by atoms with Crippen molar-refractivity contribution in [2.45, 2.75) is 6.92 Å². The summed E-state index contributed by atoms with van der Waals surface area (Å²) in [5.74, 6) is 0.488. The van der Waals surface area contributed by atoms with Crippen molar-refractivity contribution in [1.82, 2.24) is 19.6 Å². The largest absolute Gasteiger partial charge is 0.337 e. The van der Waals surface area contributed by atoms with E-state index in [4.69, 9.17) is 11.6 Å². The highest BCUT2D eigenvalue weighted by Gasteiger charge is 2.14. The number of benzene rings is 1. The minimum absolute atomic E-state index is 0.295. The van der Waals surface area contributed by atoms with Crippen LogP contribution in [-0.2, 0) is 0 Å². The van der Waals surface area contributed by atoms with Crippen molar-refractivity contribution in [1.29, 1.82) is 0 Å². The molecule has 0 spiro atoms. The van der Waals surface area contributed by atoms with Crippen LogP contribution in [0.4, 0.5) is 15.9 Å². The fraction of sp³-hybridized carbons (Fsp3) is 0.0833. The van der Waals surface area contributed by atoms with E-state index in [0.717, 1.165) is 4.47 Å². The van der Waals surface area contributed by atoms with E-state index in [-0.39, 0.29) is 5.82 Å². The zero-order valence-corrected chi connectivity index (χ0v) is 12.6. The van der Waals surface area contributed by atoms with Crippen molar-refractivity contribution < 1.29 is 4.39 Å². The van der Waals surface area contributed by atoms with E-state index in [1.54, 1.807) is 19.1 Å². The lowest BCUT2D eigenvalue weighted by Gasteiger charge is -2.12. The molecule has 0 aliphatic heterocycles. The molecule has 0 saturated carbocycles. The van der Waals surface area contributed by atoms with E-state index in [1.807, 2.05) is 0 Å². The van der Waals surface area contributed by atoms with Crippen LogP contribution in [0, 0.1) is 12.7 Å². The minimum atomic E-state index is -0.381. The molecule has 2 heterocycles. The van der Waals surface area contributed by atoms with Crippen LogP contribution in [0.15, 0.2) is 29.0 Å². The molecule has 0 unspecified atom stereocenters. The van der Waals surface area contributed by atoms with Gasteiger partial charge in [0.2, 0.25) is 0 Å². The van der Waals surface area contributed by atoms with Crippen molar-refractivity contribution >= 4 is 44.8 Å². The number of fused-ring (bicyclic) bond motifs is 1. The van der Waals surface area contributed by atoms with Gasteiger partial charge in [-0.3, -0.25) is 0 Å². The lowest BCUT2D eigenvalue weighted by atomic mass is 10.3. The van der Waals surface area contributed by atoms with E-state index < -0.39 is 0 Å². The minimum Gasteiger partial charge on any atom is -0.337 e. The third-order valence-electron chi connectivity index (χ3n) is 2.79. The van der Waals surface area contributed by atoms with Gasteiger partial charge in [0.15, 0.2) is 0 Å². The van der Waals surface area contributed by atoms with Gasteiger partial charge in [-0.2, -0.15) is 19.6 Å². The molecule has 0 atom stereocenters. The van der Waals surface area contributed by atoms with E-state index in [1.165, 1.54) is 16.9 Å². The highest BCUT2D eigenvalue weighted by molar-refractivity contribution is 9.10. The average molecular weight is 357 g/mol. The number of rotatable bonds is 2. The molecule has 5 nitrogen and oxygen atoms in total. The SMILES string of the molecule is Cc1c(Cl)nc2ncnn2c1Nc1cc(Br)ccc1F. The normalized spacial score (nSPS) is 11.0. The maximum atomic E-state index is 13.8. The number of nitrogens with zero attached hydrogens (tertiary/aromatic N) is 4. The molecule has 0 bridgehead atoms. The zero-order chi connectivity index (χ0) is 14.3. The van der Waals surface area contributed by atoms with Crippen molar-refractivity contribution in [3.05, 3.63) is 45.5 Å². The average Bonchev–Trinajstić information content (AvgIpc) is 2.86. The molecule has 0 saturated heterocycles. The first-order valence-electron chi connectivity index (χ1n) is 5.64. The van der Waals surface area contributed by atoms with E-state index in [0.29, 0.717) is 28.0 Å². The highest BCUT2D eigenvalue weighted by Crippen LogP contribution is 2.28. The second kappa shape index (κ2) is 4.99. The predicted octanol–water partition coefficient (Wildman–Crippen LogP) is 3.73. The Kier molecular flexibility index (Phi) is 3.31. The molecule has 2 aromatic heterocycles. The summed E-state index contributed by atoms with van der Waals surface area (Å²) in [4.78, 5) is 8.07. The van der Waals surface area contributed by atoms with Crippen LogP contribution in [0.1, 0.15) is 5.56 Å². The summed E-state index contributed by atoms with van der Waals surface area (Å²) in [6.07, 6.45) is 1.36. The molecule has 3 aromatic rings. The molecule has 0 aliphatic rings. The third-order valence-corrected chi connectivity index (χ3v) is 3.65. The Hall–Kier alpha value is -1.73. The maximum Gasteiger partial charge on any atom is 0.255 e. The van der Waals surface area contributed by atoms with Crippen molar-refractivity contribution in [3.8, 4) is 0 Å². The molecule has 20 heavy (non-hydrogen) atoms. The zero-order valence-electron chi connectivity index (χ0n) is 10.2. The van der Waals surface area contributed by atoms with Gasteiger partial charge in [-0.25, -0.2) is 4.39 Å². The highest BCUT2D eigenvalue weighted by atomic mass is 79.9. The monoisotopic (exact) mass is 355 g/mol. The summed E-state index contributed by atoms with van der Waals surface area (Å²) in [7, 11) is 0. The molecule has 0 radical (unpaired) electrons. The molecule has 0 fully saturated rings. The first kappa shape index (κ1) is 13.3. The molecule has 0 amide bonds. The predicted molar refractivity (Wildman–Crippen MR) is 77.9 cm³/mol. The topological polar surface area (TPSA) is 55.1 Å². The fourth-order valence-corrected chi connectivity index (χ4v) is 2.29. The van der Waals surface area contributed by atoms with Crippen LogP contribution >= 0.6 is 27.5 Å². The summed E-state index contributed by atoms with van der Waals surface area (Å²) in [6.45, 7) is 1.77. The van der Waals surface area contributed by atoms with Crippen LogP contribution in [0.2, 0.25) is 5.15 Å². The van der Waals surface area contributed by atoms with E-state index in [2.05, 4.69) is 36.3 Å². The molecular weight excluding hydrogens is 349 g/mol. The molecule has 3 rings (SSSR count). The van der Waals surface area contributed by atoms with Gasteiger partial charge >= 0.3 is 0 Å². The molecule has 1 aromatic carbocycles. The van der Waals surface area contributed by atoms with E-state index >= 15 is 0 Å². The first-order chi connectivity index (χ1) is 9.56. The smallest absolute Gasteiger partial charge is 0.255 e. The Morgan fingerprint density at radius 1 is 1.40 bits per heavy atom. The summed E-state index contributed by atoms with van der Waals surface area (Å²) in [5.41, 5.74) is 0.964. The number of anilines is 2. The molecule has 0 aliphatic carbocycles. The van der Waals surface area contributed by atoms with Gasteiger partial charge in [0.05, 0.1) is 5.69 Å². The first-order valence-corrected chi connectivity index (χ1v) is 6.81. The molecule has 102 valence electrons. The number of hydrogen-bond donors (Lipinski definition) is 1. The van der Waals surface area contributed by atoms with Gasteiger partial charge in [-0.1, -0.05) is 27.5 Å². The van der Waals surface area contributed by atoms with Gasteiger partial charge in [0, 0.05) is 10.0 Å². The number of hydrogen-bond acceptors (Lipinski definition) is 4. The van der Waals surface area contributed by atoms with Crippen LogP contribution in [0.25, 0.3) is 5.78 Å². The molecule has 1 N–H and O–H groups in total. The maximum absolute atomic E-state index is 13.8. The van der Waals surface area contributed by atoms with Crippen LogP contribution in [0.3, 0.4) is 0 Å². The Morgan fingerprint density at radius 3 is 3.00 bits per heavy atom. The van der Waals surface area contributed by atoms with Crippen LogP contribution in [0.5, 0.6) is 0 Å². The quantitative estimate of drug-likeness (QED) is 0.711. The van der Waals surface area contributed by atoms with Gasteiger partial charge < -0.3 is 5.32 Å². The lowest BCUT2D eigenvalue weighted by molar-refractivity contribution is 0.631. The Morgan fingerprint density at radius 2 is 2.20 bits per heavy atom.